The van der Waals surface area contributed by atoms with E-state index >= 15 is 0 Å². The van der Waals surface area contributed by atoms with Crippen molar-refractivity contribution in [3.05, 3.63) is 28.2 Å². The summed E-state index contributed by atoms with van der Waals surface area (Å²) in [4.78, 5) is 13.7. The third-order valence-electron chi connectivity index (χ3n) is 2.60. The van der Waals surface area contributed by atoms with E-state index in [1.807, 2.05) is 0 Å². The van der Waals surface area contributed by atoms with Crippen LogP contribution in [0.4, 0.5) is 5.69 Å². The highest BCUT2D eigenvalue weighted by Crippen LogP contribution is 2.25. The minimum absolute atomic E-state index is 0.0152. The molecule has 20 heavy (non-hydrogen) atoms. The molecule has 0 aliphatic carbocycles. The predicted octanol–water partition coefficient (Wildman–Crippen LogP) is 1.87. The fraction of sp³-hybridized carbons (Fsp3) is 0.462. The first kappa shape index (κ1) is 17.2. The van der Waals surface area contributed by atoms with Gasteiger partial charge in [0.25, 0.3) is 0 Å². The van der Waals surface area contributed by atoms with Gasteiger partial charge in [-0.3, -0.25) is 9.69 Å². The van der Waals surface area contributed by atoms with Crippen LogP contribution in [0.3, 0.4) is 0 Å². The molecule has 0 atom stereocenters. The van der Waals surface area contributed by atoms with Crippen LogP contribution in [0.15, 0.2) is 18.2 Å². The lowest BCUT2D eigenvalue weighted by Crippen LogP contribution is -2.37. The van der Waals surface area contributed by atoms with E-state index in [1.165, 1.54) is 0 Å². The molecule has 0 bridgehead atoms. The monoisotopic (exact) mass is 320 g/mol. The first-order chi connectivity index (χ1) is 9.56. The van der Waals surface area contributed by atoms with Crippen molar-refractivity contribution in [3.63, 3.8) is 0 Å². The summed E-state index contributed by atoms with van der Waals surface area (Å²) in [5, 5.41) is 12.6. The topological polar surface area (TPSA) is 61.8 Å². The molecule has 0 spiro atoms. The van der Waals surface area contributed by atoms with Gasteiger partial charge in [-0.15, -0.1) is 0 Å². The molecular formula is C13H18Cl2N2O3. The predicted molar refractivity (Wildman–Crippen MR) is 80.5 cm³/mol. The molecule has 0 unspecified atom stereocenters. The van der Waals surface area contributed by atoms with Crippen LogP contribution >= 0.6 is 23.2 Å². The van der Waals surface area contributed by atoms with Crippen molar-refractivity contribution in [1.82, 2.24) is 4.90 Å². The number of aliphatic hydroxyl groups is 1. The number of anilines is 1. The maximum Gasteiger partial charge on any atom is 0.238 e. The highest BCUT2D eigenvalue weighted by atomic mass is 35.5. The van der Waals surface area contributed by atoms with Crippen LogP contribution < -0.4 is 5.32 Å². The molecule has 0 aliphatic heterocycles. The third-order valence-corrected chi connectivity index (χ3v) is 3.15. The summed E-state index contributed by atoms with van der Waals surface area (Å²) in [5.74, 6) is -0.209. The molecule has 1 rings (SSSR count). The van der Waals surface area contributed by atoms with Gasteiger partial charge >= 0.3 is 0 Å². The quantitative estimate of drug-likeness (QED) is 0.767. The van der Waals surface area contributed by atoms with Crippen molar-refractivity contribution in [1.29, 1.82) is 0 Å². The van der Waals surface area contributed by atoms with Crippen molar-refractivity contribution < 1.29 is 14.6 Å². The number of methoxy groups -OCH3 is 1. The SMILES string of the molecule is COCCN(CCO)CC(=O)Nc1ccc(Cl)cc1Cl. The van der Waals surface area contributed by atoms with Gasteiger partial charge in [-0.1, -0.05) is 23.2 Å². The number of rotatable bonds is 8. The first-order valence-corrected chi connectivity index (χ1v) is 6.89. The van der Waals surface area contributed by atoms with Crippen molar-refractivity contribution in [2.45, 2.75) is 0 Å². The number of nitrogens with zero attached hydrogens (tertiary/aromatic N) is 1. The molecule has 1 aromatic carbocycles. The van der Waals surface area contributed by atoms with Crippen molar-refractivity contribution in [2.24, 2.45) is 0 Å². The van der Waals surface area contributed by atoms with E-state index in [0.29, 0.717) is 35.4 Å². The lowest BCUT2D eigenvalue weighted by Gasteiger charge is -2.20. The molecule has 0 radical (unpaired) electrons. The number of amides is 1. The molecule has 5 nitrogen and oxygen atoms in total. The number of hydrogen-bond acceptors (Lipinski definition) is 4. The molecular weight excluding hydrogens is 303 g/mol. The number of carbonyl (C=O) groups is 1. The fourth-order valence-corrected chi connectivity index (χ4v) is 2.07. The van der Waals surface area contributed by atoms with E-state index < -0.39 is 0 Å². The zero-order valence-corrected chi connectivity index (χ0v) is 12.7. The van der Waals surface area contributed by atoms with Crippen LogP contribution in [0, 0.1) is 0 Å². The largest absolute Gasteiger partial charge is 0.395 e. The smallest absolute Gasteiger partial charge is 0.238 e. The van der Waals surface area contributed by atoms with E-state index in [0.717, 1.165) is 0 Å². The van der Waals surface area contributed by atoms with Gasteiger partial charge in [-0.25, -0.2) is 0 Å². The van der Waals surface area contributed by atoms with E-state index in [-0.39, 0.29) is 19.1 Å². The van der Waals surface area contributed by atoms with Crippen molar-refractivity contribution >= 4 is 34.8 Å². The van der Waals surface area contributed by atoms with E-state index in [4.69, 9.17) is 33.0 Å². The average Bonchev–Trinajstić information content (AvgIpc) is 2.39. The summed E-state index contributed by atoms with van der Waals surface area (Å²) in [7, 11) is 1.59. The number of hydrogen-bond donors (Lipinski definition) is 2. The molecule has 0 aliphatic rings. The van der Waals surface area contributed by atoms with E-state index in [1.54, 1.807) is 30.2 Å². The maximum atomic E-state index is 11.9. The second-order valence-corrected chi connectivity index (χ2v) is 5.01. The lowest BCUT2D eigenvalue weighted by atomic mass is 10.3. The molecule has 0 heterocycles. The molecule has 0 saturated carbocycles. The Morgan fingerprint density at radius 2 is 2.15 bits per heavy atom. The normalized spacial score (nSPS) is 10.8. The third kappa shape index (κ3) is 6.07. The number of ether oxygens (including phenoxy) is 1. The average molecular weight is 321 g/mol. The zero-order chi connectivity index (χ0) is 15.0. The zero-order valence-electron chi connectivity index (χ0n) is 11.2. The number of aliphatic hydroxyl groups excluding tert-OH is 1. The van der Waals surface area contributed by atoms with Gasteiger partial charge in [0, 0.05) is 25.2 Å². The van der Waals surface area contributed by atoms with Gasteiger partial charge in [0.2, 0.25) is 5.91 Å². The summed E-state index contributed by atoms with van der Waals surface area (Å²) in [6.07, 6.45) is 0. The van der Waals surface area contributed by atoms with E-state index in [9.17, 15) is 4.79 Å². The minimum Gasteiger partial charge on any atom is -0.395 e. The fourth-order valence-electron chi connectivity index (χ4n) is 1.62. The van der Waals surface area contributed by atoms with Crippen LogP contribution in [-0.4, -0.2) is 55.9 Å². The van der Waals surface area contributed by atoms with Crippen LogP contribution in [0.2, 0.25) is 10.0 Å². The molecule has 7 heteroatoms. The molecule has 0 saturated heterocycles. The Labute approximate surface area is 128 Å². The lowest BCUT2D eigenvalue weighted by molar-refractivity contribution is -0.117. The molecule has 2 N–H and O–H groups in total. The Hall–Kier alpha value is -0.850. The molecule has 1 amide bonds. The highest BCUT2D eigenvalue weighted by molar-refractivity contribution is 6.36. The Morgan fingerprint density at radius 1 is 1.40 bits per heavy atom. The molecule has 1 aromatic rings. The van der Waals surface area contributed by atoms with E-state index in [2.05, 4.69) is 5.32 Å². The summed E-state index contributed by atoms with van der Waals surface area (Å²) in [6.45, 7) is 1.61. The summed E-state index contributed by atoms with van der Waals surface area (Å²) in [6, 6.07) is 4.86. The molecule has 0 fully saturated rings. The van der Waals surface area contributed by atoms with Gasteiger partial charge in [0.15, 0.2) is 0 Å². The Kier molecular flexibility index (Phi) is 7.87. The van der Waals surface area contributed by atoms with Gasteiger partial charge in [0.05, 0.1) is 30.5 Å². The van der Waals surface area contributed by atoms with Crippen molar-refractivity contribution in [3.8, 4) is 0 Å². The molecule has 0 aromatic heterocycles. The number of benzene rings is 1. The summed E-state index contributed by atoms with van der Waals surface area (Å²) < 4.78 is 4.96. The number of carbonyl (C=O) groups excluding carboxylic acids is 1. The Morgan fingerprint density at radius 3 is 2.75 bits per heavy atom. The van der Waals surface area contributed by atoms with Gasteiger partial charge in [0.1, 0.15) is 0 Å². The molecule has 112 valence electrons. The standard InChI is InChI=1S/C13H18Cl2N2O3/c1-20-7-5-17(4-6-18)9-13(19)16-12-3-2-10(14)8-11(12)15/h2-3,8,18H,4-7,9H2,1H3,(H,16,19). The second-order valence-electron chi connectivity index (χ2n) is 4.16. The van der Waals surface area contributed by atoms with Crippen LogP contribution in [0.25, 0.3) is 0 Å². The van der Waals surface area contributed by atoms with Gasteiger partial charge in [-0.2, -0.15) is 0 Å². The summed E-state index contributed by atoms with van der Waals surface area (Å²) >= 11 is 11.8. The van der Waals surface area contributed by atoms with Gasteiger partial charge < -0.3 is 15.2 Å². The highest BCUT2D eigenvalue weighted by Gasteiger charge is 2.11. The first-order valence-electron chi connectivity index (χ1n) is 6.14. The van der Waals surface area contributed by atoms with Crippen LogP contribution in [-0.2, 0) is 9.53 Å². The van der Waals surface area contributed by atoms with Crippen molar-refractivity contribution in [2.75, 3.05) is 45.3 Å². The van der Waals surface area contributed by atoms with Crippen LogP contribution in [0.5, 0.6) is 0 Å². The maximum absolute atomic E-state index is 11.9. The Balaban J connectivity index is 2.55. The number of halogens is 2. The van der Waals surface area contributed by atoms with Gasteiger partial charge in [-0.05, 0) is 18.2 Å². The minimum atomic E-state index is -0.209. The number of nitrogens with one attached hydrogen (secondary N) is 1. The van der Waals surface area contributed by atoms with Crippen LogP contribution in [0.1, 0.15) is 0 Å². The Bertz CT molecular complexity index is 444. The summed E-state index contributed by atoms with van der Waals surface area (Å²) in [5.41, 5.74) is 0.511. The second kappa shape index (κ2) is 9.15.